The van der Waals surface area contributed by atoms with Gasteiger partial charge in [-0.25, -0.2) is 9.78 Å². The predicted molar refractivity (Wildman–Crippen MR) is 95.8 cm³/mol. The molecule has 1 aromatic heterocycles. The van der Waals surface area contributed by atoms with Crippen LogP contribution in [0.4, 0.5) is 10.5 Å². The number of methoxy groups -OCH3 is 1. The van der Waals surface area contributed by atoms with Gasteiger partial charge in [-0.2, -0.15) is 0 Å². The topological polar surface area (TPSA) is 87.3 Å². The Morgan fingerprint density at radius 1 is 1.20 bits per heavy atom. The van der Waals surface area contributed by atoms with E-state index < -0.39 is 0 Å². The van der Waals surface area contributed by atoms with Gasteiger partial charge in [0.2, 0.25) is 0 Å². The van der Waals surface area contributed by atoms with E-state index >= 15 is 0 Å². The maximum Gasteiger partial charge on any atom is 0.322 e. The number of para-hydroxylation sites is 3. The van der Waals surface area contributed by atoms with E-state index in [9.17, 15) is 9.59 Å². The van der Waals surface area contributed by atoms with Crippen molar-refractivity contribution in [1.82, 2.24) is 14.9 Å². The Morgan fingerprint density at radius 3 is 2.72 bits per heavy atom. The summed E-state index contributed by atoms with van der Waals surface area (Å²) in [5, 5.41) is 3.30. The molecule has 0 aliphatic heterocycles. The van der Waals surface area contributed by atoms with Crippen LogP contribution in [0.2, 0.25) is 0 Å². The maximum absolute atomic E-state index is 12.4. The second kappa shape index (κ2) is 7.04. The first-order valence-corrected chi connectivity index (χ1v) is 7.71. The van der Waals surface area contributed by atoms with Crippen molar-refractivity contribution >= 4 is 22.6 Å². The van der Waals surface area contributed by atoms with Gasteiger partial charge in [-0.1, -0.05) is 24.3 Å². The van der Waals surface area contributed by atoms with Gasteiger partial charge in [0.15, 0.2) is 0 Å². The summed E-state index contributed by atoms with van der Waals surface area (Å²) in [7, 11) is 3.17. The summed E-state index contributed by atoms with van der Waals surface area (Å²) in [4.78, 5) is 33.0. The van der Waals surface area contributed by atoms with Gasteiger partial charge in [0.05, 0.1) is 30.2 Å². The van der Waals surface area contributed by atoms with Gasteiger partial charge in [-0.3, -0.25) is 4.79 Å². The minimum Gasteiger partial charge on any atom is -0.495 e. The first-order valence-electron chi connectivity index (χ1n) is 7.71. The van der Waals surface area contributed by atoms with Crippen molar-refractivity contribution < 1.29 is 9.53 Å². The molecular formula is C18H18N4O3. The summed E-state index contributed by atoms with van der Waals surface area (Å²) in [6.07, 6.45) is 0. The summed E-state index contributed by atoms with van der Waals surface area (Å²) in [6.45, 7) is 0.168. The van der Waals surface area contributed by atoms with Crippen LogP contribution in [0.5, 0.6) is 5.75 Å². The Hall–Kier alpha value is -3.35. The van der Waals surface area contributed by atoms with E-state index in [2.05, 4.69) is 15.3 Å². The number of benzene rings is 2. The second-order valence-corrected chi connectivity index (χ2v) is 5.52. The molecule has 2 amide bonds. The largest absolute Gasteiger partial charge is 0.495 e. The number of aromatic amines is 1. The SMILES string of the molecule is COc1ccccc1NC(=O)N(C)Cc1nc2ccccc2c(=O)[nH]1. The number of anilines is 1. The number of amides is 2. The molecule has 2 aromatic carbocycles. The third-order valence-electron chi connectivity index (χ3n) is 3.74. The van der Waals surface area contributed by atoms with E-state index in [0.717, 1.165) is 0 Å². The molecule has 0 unspecified atom stereocenters. The zero-order valence-electron chi connectivity index (χ0n) is 13.9. The Balaban J connectivity index is 1.76. The van der Waals surface area contributed by atoms with Gasteiger partial charge < -0.3 is 19.9 Å². The number of rotatable bonds is 4. The van der Waals surface area contributed by atoms with Crippen molar-refractivity contribution in [2.75, 3.05) is 19.5 Å². The lowest BCUT2D eigenvalue weighted by molar-refractivity contribution is 0.219. The highest BCUT2D eigenvalue weighted by atomic mass is 16.5. The summed E-state index contributed by atoms with van der Waals surface area (Å²) >= 11 is 0. The fourth-order valence-corrected chi connectivity index (χ4v) is 2.46. The molecule has 0 bridgehead atoms. The average Bonchev–Trinajstić information content (AvgIpc) is 2.62. The number of ether oxygens (including phenoxy) is 1. The first-order chi connectivity index (χ1) is 12.1. The van der Waals surface area contributed by atoms with Crippen molar-refractivity contribution in [3.05, 3.63) is 64.7 Å². The Labute approximate surface area is 144 Å². The zero-order chi connectivity index (χ0) is 17.8. The molecule has 0 radical (unpaired) electrons. The first kappa shape index (κ1) is 16.5. The monoisotopic (exact) mass is 338 g/mol. The number of hydrogen-bond donors (Lipinski definition) is 2. The average molecular weight is 338 g/mol. The third kappa shape index (κ3) is 3.60. The fourth-order valence-electron chi connectivity index (χ4n) is 2.46. The normalized spacial score (nSPS) is 10.5. The maximum atomic E-state index is 12.4. The number of nitrogens with zero attached hydrogens (tertiary/aromatic N) is 2. The summed E-state index contributed by atoms with van der Waals surface area (Å²) in [5.41, 5.74) is 0.945. The molecule has 7 heteroatoms. The van der Waals surface area contributed by atoms with Crippen LogP contribution in [0, 0.1) is 0 Å². The number of carbonyl (C=O) groups is 1. The number of fused-ring (bicyclic) bond motifs is 1. The van der Waals surface area contributed by atoms with Crippen LogP contribution in [-0.4, -0.2) is 35.1 Å². The third-order valence-corrected chi connectivity index (χ3v) is 3.74. The molecule has 7 nitrogen and oxygen atoms in total. The molecule has 1 heterocycles. The van der Waals surface area contributed by atoms with Gasteiger partial charge in [-0.15, -0.1) is 0 Å². The van der Waals surface area contributed by atoms with Crippen molar-refractivity contribution in [2.24, 2.45) is 0 Å². The van der Waals surface area contributed by atoms with Crippen LogP contribution in [-0.2, 0) is 6.54 Å². The van der Waals surface area contributed by atoms with Gasteiger partial charge in [0.1, 0.15) is 11.6 Å². The van der Waals surface area contributed by atoms with Crippen LogP contribution >= 0.6 is 0 Å². The van der Waals surface area contributed by atoms with E-state index in [4.69, 9.17) is 4.74 Å². The van der Waals surface area contributed by atoms with Crippen molar-refractivity contribution in [1.29, 1.82) is 0 Å². The quantitative estimate of drug-likeness (QED) is 0.765. The standard InChI is InChI=1S/C18H18N4O3/c1-22(18(24)20-14-9-5-6-10-15(14)25-2)11-16-19-13-8-4-3-7-12(13)17(23)21-16/h3-10H,11H2,1-2H3,(H,20,24)(H,19,21,23). The molecule has 0 fully saturated rings. The lowest BCUT2D eigenvalue weighted by Crippen LogP contribution is -2.32. The van der Waals surface area contributed by atoms with Gasteiger partial charge in [0.25, 0.3) is 5.56 Å². The summed E-state index contributed by atoms with van der Waals surface area (Å²) in [5.74, 6) is 0.989. The number of carbonyl (C=O) groups excluding carboxylic acids is 1. The second-order valence-electron chi connectivity index (χ2n) is 5.52. The molecule has 2 N–H and O–H groups in total. The van der Waals surface area contributed by atoms with E-state index in [1.807, 2.05) is 12.1 Å². The van der Waals surface area contributed by atoms with Crippen molar-refractivity contribution in [2.45, 2.75) is 6.54 Å². The Bertz CT molecular complexity index is 968. The molecule has 3 aromatic rings. The molecule has 25 heavy (non-hydrogen) atoms. The minimum absolute atomic E-state index is 0.168. The highest BCUT2D eigenvalue weighted by molar-refractivity contribution is 5.90. The van der Waals surface area contributed by atoms with Crippen LogP contribution in [0.1, 0.15) is 5.82 Å². The number of aromatic nitrogens is 2. The van der Waals surface area contributed by atoms with Crippen molar-refractivity contribution in [3.8, 4) is 5.75 Å². The predicted octanol–water partition coefficient (Wildman–Crippen LogP) is 2.60. The molecule has 3 rings (SSSR count). The lowest BCUT2D eigenvalue weighted by Gasteiger charge is -2.18. The van der Waals surface area contributed by atoms with Crippen LogP contribution in [0.3, 0.4) is 0 Å². The van der Waals surface area contributed by atoms with Crippen LogP contribution < -0.4 is 15.6 Å². The molecule has 128 valence electrons. The minimum atomic E-state index is -0.333. The Kier molecular flexibility index (Phi) is 4.65. The van der Waals surface area contributed by atoms with Gasteiger partial charge >= 0.3 is 6.03 Å². The zero-order valence-corrected chi connectivity index (χ0v) is 13.9. The molecule has 0 aliphatic rings. The number of H-pyrrole nitrogens is 1. The molecule has 0 saturated heterocycles. The smallest absolute Gasteiger partial charge is 0.322 e. The van der Waals surface area contributed by atoms with E-state index in [1.165, 1.54) is 4.90 Å². The van der Waals surface area contributed by atoms with Gasteiger partial charge in [0, 0.05) is 7.05 Å². The van der Waals surface area contributed by atoms with Crippen LogP contribution in [0.25, 0.3) is 10.9 Å². The molecule has 0 saturated carbocycles. The molecule has 0 atom stereocenters. The highest BCUT2D eigenvalue weighted by Gasteiger charge is 2.13. The van der Waals surface area contributed by atoms with Crippen LogP contribution in [0.15, 0.2) is 53.3 Å². The Morgan fingerprint density at radius 2 is 1.92 bits per heavy atom. The van der Waals surface area contributed by atoms with E-state index in [0.29, 0.717) is 28.2 Å². The van der Waals surface area contributed by atoms with Crippen molar-refractivity contribution in [3.63, 3.8) is 0 Å². The molecule has 0 spiro atoms. The summed E-state index contributed by atoms with van der Waals surface area (Å²) < 4.78 is 5.22. The molecule has 0 aliphatic carbocycles. The van der Waals surface area contributed by atoms with Gasteiger partial charge in [-0.05, 0) is 24.3 Å². The van der Waals surface area contributed by atoms with E-state index in [1.54, 1.807) is 50.6 Å². The lowest BCUT2D eigenvalue weighted by atomic mass is 10.2. The number of nitrogens with one attached hydrogen (secondary N) is 2. The highest BCUT2D eigenvalue weighted by Crippen LogP contribution is 2.23. The van der Waals surface area contributed by atoms with E-state index in [-0.39, 0.29) is 18.1 Å². The number of urea groups is 1. The summed E-state index contributed by atoms with van der Waals surface area (Å²) in [6, 6.07) is 13.9. The number of hydrogen-bond acceptors (Lipinski definition) is 4. The fraction of sp³-hybridized carbons (Fsp3) is 0.167. The molecular weight excluding hydrogens is 320 g/mol.